The summed E-state index contributed by atoms with van der Waals surface area (Å²) < 4.78 is 0. The van der Waals surface area contributed by atoms with E-state index in [9.17, 15) is 14.9 Å². The van der Waals surface area contributed by atoms with E-state index in [0.29, 0.717) is 19.6 Å². The summed E-state index contributed by atoms with van der Waals surface area (Å²) in [5.74, 6) is 0.0649. The smallest absolute Gasteiger partial charge is 0.269 e. The van der Waals surface area contributed by atoms with E-state index in [4.69, 9.17) is 0 Å². The van der Waals surface area contributed by atoms with Gasteiger partial charge in [0.1, 0.15) is 0 Å². The SMILES string of the molecule is C=CCN(Cc1cccc([N+](=O)[O-])c1)C(=O)C1CCNC1. The summed E-state index contributed by atoms with van der Waals surface area (Å²) in [6.45, 7) is 6.04. The Kier molecular flexibility index (Phi) is 5.05. The largest absolute Gasteiger partial charge is 0.334 e. The van der Waals surface area contributed by atoms with E-state index in [0.717, 1.165) is 18.5 Å². The predicted molar refractivity (Wildman–Crippen MR) is 79.7 cm³/mol. The van der Waals surface area contributed by atoms with Crippen molar-refractivity contribution in [3.8, 4) is 0 Å². The number of hydrogen-bond acceptors (Lipinski definition) is 4. The van der Waals surface area contributed by atoms with Crippen LogP contribution in [0.25, 0.3) is 0 Å². The highest BCUT2D eigenvalue weighted by Crippen LogP contribution is 2.17. The second-order valence-corrected chi connectivity index (χ2v) is 5.12. The van der Waals surface area contributed by atoms with Gasteiger partial charge < -0.3 is 10.2 Å². The molecule has 0 aliphatic carbocycles. The van der Waals surface area contributed by atoms with E-state index in [2.05, 4.69) is 11.9 Å². The highest BCUT2D eigenvalue weighted by Gasteiger charge is 2.26. The van der Waals surface area contributed by atoms with Gasteiger partial charge in [-0.15, -0.1) is 6.58 Å². The molecule has 1 unspecified atom stereocenters. The molecule has 1 amide bonds. The predicted octanol–water partition coefficient (Wildman–Crippen LogP) is 1.72. The van der Waals surface area contributed by atoms with Gasteiger partial charge in [0.25, 0.3) is 5.69 Å². The number of amides is 1. The van der Waals surface area contributed by atoms with Crippen LogP contribution in [-0.4, -0.2) is 35.4 Å². The van der Waals surface area contributed by atoms with Gasteiger partial charge in [0, 0.05) is 31.8 Å². The van der Waals surface area contributed by atoms with Crippen LogP contribution in [0.2, 0.25) is 0 Å². The number of nitrogens with zero attached hydrogens (tertiary/aromatic N) is 2. The third kappa shape index (κ3) is 3.88. The van der Waals surface area contributed by atoms with Crippen LogP contribution in [0, 0.1) is 16.0 Å². The fourth-order valence-electron chi connectivity index (χ4n) is 2.50. The Labute approximate surface area is 123 Å². The summed E-state index contributed by atoms with van der Waals surface area (Å²) in [6.07, 6.45) is 2.51. The number of benzene rings is 1. The number of carbonyl (C=O) groups is 1. The minimum atomic E-state index is -0.427. The standard InChI is InChI=1S/C15H19N3O3/c1-2-8-17(15(19)13-6-7-16-10-13)11-12-4-3-5-14(9-12)18(20)21/h2-5,9,13,16H,1,6-8,10-11H2. The van der Waals surface area contributed by atoms with Crippen molar-refractivity contribution >= 4 is 11.6 Å². The van der Waals surface area contributed by atoms with E-state index < -0.39 is 4.92 Å². The Morgan fingerprint density at radius 3 is 3.00 bits per heavy atom. The van der Waals surface area contributed by atoms with Gasteiger partial charge in [0.05, 0.1) is 10.8 Å². The number of carbonyl (C=O) groups excluding carboxylic acids is 1. The molecular weight excluding hydrogens is 270 g/mol. The van der Waals surface area contributed by atoms with Crippen LogP contribution in [0.5, 0.6) is 0 Å². The number of nitro groups is 1. The molecule has 1 aromatic carbocycles. The lowest BCUT2D eigenvalue weighted by Crippen LogP contribution is -2.36. The number of nitrogens with one attached hydrogen (secondary N) is 1. The quantitative estimate of drug-likeness (QED) is 0.491. The molecule has 1 aromatic rings. The van der Waals surface area contributed by atoms with E-state index >= 15 is 0 Å². The first-order valence-electron chi connectivity index (χ1n) is 6.95. The maximum Gasteiger partial charge on any atom is 0.269 e. The lowest BCUT2D eigenvalue weighted by molar-refractivity contribution is -0.384. The lowest BCUT2D eigenvalue weighted by Gasteiger charge is -2.24. The molecule has 0 spiro atoms. The molecule has 1 saturated heterocycles. The third-order valence-electron chi connectivity index (χ3n) is 3.57. The molecule has 0 aromatic heterocycles. The van der Waals surface area contributed by atoms with Gasteiger partial charge in [-0.3, -0.25) is 14.9 Å². The Morgan fingerprint density at radius 1 is 1.57 bits per heavy atom. The van der Waals surface area contributed by atoms with Crippen LogP contribution in [0.15, 0.2) is 36.9 Å². The van der Waals surface area contributed by atoms with Crippen molar-refractivity contribution in [2.75, 3.05) is 19.6 Å². The minimum Gasteiger partial charge on any atom is -0.334 e. The van der Waals surface area contributed by atoms with Gasteiger partial charge in [0.15, 0.2) is 0 Å². The van der Waals surface area contributed by atoms with Crippen LogP contribution in [0.1, 0.15) is 12.0 Å². The molecule has 0 saturated carbocycles. The lowest BCUT2D eigenvalue weighted by atomic mass is 10.1. The van der Waals surface area contributed by atoms with Crippen LogP contribution in [0.4, 0.5) is 5.69 Å². The molecule has 1 atom stereocenters. The van der Waals surface area contributed by atoms with E-state index in [1.165, 1.54) is 12.1 Å². The monoisotopic (exact) mass is 289 g/mol. The van der Waals surface area contributed by atoms with Crippen molar-refractivity contribution in [3.05, 3.63) is 52.6 Å². The molecule has 112 valence electrons. The summed E-state index contributed by atoms with van der Waals surface area (Å²) in [4.78, 5) is 24.5. The van der Waals surface area contributed by atoms with Crippen molar-refractivity contribution in [1.82, 2.24) is 10.2 Å². The molecule has 21 heavy (non-hydrogen) atoms. The Morgan fingerprint density at radius 2 is 2.38 bits per heavy atom. The summed E-state index contributed by atoms with van der Waals surface area (Å²) in [7, 11) is 0. The maximum absolute atomic E-state index is 12.5. The summed E-state index contributed by atoms with van der Waals surface area (Å²) in [5.41, 5.74) is 0.798. The zero-order valence-corrected chi connectivity index (χ0v) is 11.8. The number of nitro benzene ring substituents is 1. The second-order valence-electron chi connectivity index (χ2n) is 5.12. The zero-order chi connectivity index (χ0) is 15.2. The number of rotatable bonds is 6. The highest BCUT2D eigenvalue weighted by atomic mass is 16.6. The first-order chi connectivity index (χ1) is 10.1. The molecule has 0 bridgehead atoms. The van der Waals surface area contributed by atoms with Crippen LogP contribution in [-0.2, 0) is 11.3 Å². The Bertz CT molecular complexity index is 539. The number of hydrogen-bond donors (Lipinski definition) is 1. The first-order valence-corrected chi connectivity index (χ1v) is 6.95. The molecule has 1 aliphatic heterocycles. The van der Waals surface area contributed by atoms with E-state index in [1.807, 2.05) is 0 Å². The normalized spacial score (nSPS) is 17.4. The van der Waals surface area contributed by atoms with Gasteiger partial charge in [-0.1, -0.05) is 18.2 Å². The van der Waals surface area contributed by atoms with Crippen LogP contribution < -0.4 is 5.32 Å². The van der Waals surface area contributed by atoms with Gasteiger partial charge in [-0.2, -0.15) is 0 Å². The highest BCUT2D eigenvalue weighted by molar-refractivity contribution is 5.79. The fourth-order valence-corrected chi connectivity index (χ4v) is 2.50. The molecule has 1 aliphatic rings. The average Bonchev–Trinajstić information content (AvgIpc) is 3.00. The van der Waals surface area contributed by atoms with Crippen molar-refractivity contribution < 1.29 is 9.72 Å². The maximum atomic E-state index is 12.5. The van der Waals surface area contributed by atoms with Crippen molar-refractivity contribution in [2.45, 2.75) is 13.0 Å². The van der Waals surface area contributed by atoms with Crippen molar-refractivity contribution in [1.29, 1.82) is 0 Å². The molecular formula is C15H19N3O3. The Balaban J connectivity index is 2.11. The average molecular weight is 289 g/mol. The summed E-state index contributed by atoms with van der Waals surface area (Å²) in [6, 6.07) is 6.39. The topological polar surface area (TPSA) is 75.5 Å². The van der Waals surface area contributed by atoms with Crippen molar-refractivity contribution in [3.63, 3.8) is 0 Å². The van der Waals surface area contributed by atoms with E-state index in [1.54, 1.807) is 23.1 Å². The van der Waals surface area contributed by atoms with Gasteiger partial charge in [-0.25, -0.2) is 0 Å². The molecule has 6 nitrogen and oxygen atoms in total. The van der Waals surface area contributed by atoms with Crippen molar-refractivity contribution in [2.24, 2.45) is 5.92 Å². The van der Waals surface area contributed by atoms with Gasteiger partial charge in [0.2, 0.25) is 5.91 Å². The Hall–Kier alpha value is -2.21. The van der Waals surface area contributed by atoms with Gasteiger partial charge >= 0.3 is 0 Å². The molecule has 2 rings (SSSR count). The van der Waals surface area contributed by atoms with Crippen LogP contribution in [0.3, 0.4) is 0 Å². The molecule has 1 N–H and O–H groups in total. The molecule has 1 fully saturated rings. The fraction of sp³-hybridized carbons (Fsp3) is 0.400. The first kappa shape index (κ1) is 15.2. The van der Waals surface area contributed by atoms with Gasteiger partial charge in [-0.05, 0) is 18.5 Å². The summed E-state index contributed by atoms with van der Waals surface area (Å²) in [5, 5.41) is 14.0. The minimum absolute atomic E-state index is 0.0105. The van der Waals surface area contributed by atoms with Crippen LogP contribution >= 0.6 is 0 Å². The molecule has 6 heteroatoms. The molecule has 0 radical (unpaired) electrons. The summed E-state index contributed by atoms with van der Waals surface area (Å²) >= 11 is 0. The molecule has 1 heterocycles. The second kappa shape index (κ2) is 6.99. The third-order valence-corrected chi connectivity index (χ3v) is 3.57. The number of non-ortho nitro benzene ring substituents is 1. The zero-order valence-electron chi connectivity index (χ0n) is 11.8. The van der Waals surface area contributed by atoms with E-state index in [-0.39, 0.29) is 17.5 Å².